The van der Waals surface area contributed by atoms with Crippen molar-refractivity contribution in [2.45, 2.75) is 45.2 Å². The molecular formula is C23H28Cl2N6O. The third-order valence-electron chi connectivity index (χ3n) is 6.08. The standard InChI is InChI=1S/C23H28Cl2N6O/c1-3-14(2)20(29-18-10-15(24)9-16(25)11-18)23(32)30-17-5-4-8-31(12-17)22-19-6-7-26-21(19)27-13-28-22/h6-7,9-11,13-14,17,20,29H,3-5,8,12H2,1-2H3,(H,30,32)(H,26,27,28). The number of halogens is 2. The number of aromatic nitrogens is 3. The van der Waals surface area contributed by atoms with Crippen LogP contribution in [0.2, 0.25) is 10.0 Å². The predicted molar refractivity (Wildman–Crippen MR) is 131 cm³/mol. The van der Waals surface area contributed by atoms with E-state index in [4.69, 9.17) is 23.2 Å². The van der Waals surface area contributed by atoms with Crippen molar-refractivity contribution in [2.24, 2.45) is 5.92 Å². The summed E-state index contributed by atoms with van der Waals surface area (Å²) in [5, 5.41) is 8.68. The molecule has 0 saturated carbocycles. The fourth-order valence-electron chi connectivity index (χ4n) is 4.21. The lowest BCUT2D eigenvalue weighted by Crippen LogP contribution is -2.53. The first kappa shape index (κ1) is 22.7. The molecule has 3 unspecified atom stereocenters. The summed E-state index contributed by atoms with van der Waals surface area (Å²) in [5.41, 5.74) is 1.56. The molecule has 0 radical (unpaired) electrons. The Kier molecular flexibility index (Phi) is 7.06. The van der Waals surface area contributed by atoms with E-state index in [9.17, 15) is 4.79 Å². The number of H-pyrrole nitrogens is 1. The van der Waals surface area contributed by atoms with Crippen molar-refractivity contribution < 1.29 is 4.79 Å². The molecule has 1 aliphatic rings. The van der Waals surface area contributed by atoms with Crippen molar-refractivity contribution in [1.29, 1.82) is 0 Å². The number of aromatic amines is 1. The first-order valence-corrected chi connectivity index (χ1v) is 11.8. The van der Waals surface area contributed by atoms with Gasteiger partial charge in [0, 0.05) is 41.1 Å². The third-order valence-corrected chi connectivity index (χ3v) is 6.52. The Morgan fingerprint density at radius 3 is 2.81 bits per heavy atom. The smallest absolute Gasteiger partial charge is 0.243 e. The van der Waals surface area contributed by atoms with Gasteiger partial charge in [-0.3, -0.25) is 4.79 Å². The quantitative estimate of drug-likeness (QED) is 0.454. The minimum Gasteiger partial charge on any atom is -0.373 e. The molecule has 1 aromatic carbocycles. The molecule has 1 fully saturated rings. The van der Waals surface area contributed by atoms with E-state index in [2.05, 4.69) is 44.3 Å². The summed E-state index contributed by atoms with van der Waals surface area (Å²) in [5.74, 6) is 1.02. The van der Waals surface area contributed by atoms with Gasteiger partial charge in [-0.2, -0.15) is 0 Å². The summed E-state index contributed by atoms with van der Waals surface area (Å²) in [6, 6.07) is 6.89. The van der Waals surface area contributed by atoms with Crippen molar-refractivity contribution in [3.63, 3.8) is 0 Å². The largest absolute Gasteiger partial charge is 0.373 e. The maximum Gasteiger partial charge on any atom is 0.243 e. The van der Waals surface area contributed by atoms with Crippen molar-refractivity contribution in [3.8, 4) is 0 Å². The third kappa shape index (κ3) is 5.10. The van der Waals surface area contributed by atoms with Gasteiger partial charge in [-0.15, -0.1) is 0 Å². The van der Waals surface area contributed by atoms with Crippen molar-refractivity contribution in [3.05, 3.63) is 46.8 Å². The summed E-state index contributed by atoms with van der Waals surface area (Å²) in [6.45, 7) is 5.76. The van der Waals surface area contributed by atoms with E-state index in [0.717, 1.165) is 48.3 Å². The molecule has 0 aliphatic carbocycles. The molecule has 1 amide bonds. The van der Waals surface area contributed by atoms with Crippen LogP contribution in [-0.4, -0.2) is 46.0 Å². The Hall–Kier alpha value is -2.51. The predicted octanol–water partition coefficient (Wildman–Crippen LogP) is 4.88. The lowest BCUT2D eigenvalue weighted by atomic mass is 9.96. The van der Waals surface area contributed by atoms with E-state index in [0.29, 0.717) is 16.6 Å². The average Bonchev–Trinajstić information content (AvgIpc) is 3.25. The van der Waals surface area contributed by atoms with Gasteiger partial charge in [-0.25, -0.2) is 9.97 Å². The van der Waals surface area contributed by atoms with E-state index in [-0.39, 0.29) is 23.9 Å². The SMILES string of the molecule is CCC(C)C(Nc1cc(Cl)cc(Cl)c1)C(=O)NC1CCCN(c2ncnc3[nH]ccc23)C1. The second-order valence-electron chi connectivity index (χ2n) is 8.40. The molecule has 0 spiro atoms. The van der Waals surface area contributed by atoms with E-state index in [1.54, 1.807) is 24.5 Å². The highest BCUT2D eigenvalue weighted by Gasteiger charge is 2.29. The van der Waals surface area contributed by atoms with Gasteiger partial charge in [-0.05, 0) is 43.0 Å². The van der Waals surface area contributed by atoms with Crippen LogP contribution in [0.25, 0.3) is 11.0 Å². The number of carbonyl (C=O) groups excluding carboxylic acids is 1. The second kappa shape index (κ2) is 9.96. The van der Waals surface area contributed by atoms with Gasteiger partial charge in [0.25, 0.3) is 0 Å². The molecule has 7 nitrogen and oxygen atoms in total. The highest BCUT2D eigenvalue weighted by Crippen LogP contribution is 2.26. The van der Waals surface area contributed by atoms with Crippen molar-refractivity contribution in [2.75, 3.05) is 23.3 Å². The maximum absolute atomic E-state index is 13.3. The minimum absolute atomic E-state index is 0.0169. The molecular weight excluding hydrogens is 447 g/mol. The van der Waals surface area contributed by atoms with Crippen molar-refractivity contribution in [1.82, 2.24) is 20.3 Å². The lowest BCUT2D eigenvalue weighted by molar-refractivity contribution is -0.123. The fraction of sp³-hybridized carbons (Fsp3) is 0.435. The van der Waals surface area contributed by atoms with Gasteiger partial charge in [-0.1, -0.05) is 43.5 Å². The Morgan fingerprint density at radius 2 is 2.06 bits per heavy atom. The molecule has 3 heterocycles. The number of hydrogen-bond acceptors (Lipinski definition) is 5. The highest BCUT2D eigenvalue weighted by molar-refractivity contribution is 6.35. The van der Waals surface area contributed by atoms with Crippen LogP contribution in [0.15, 0.2) is 36.8 Å². The summed E-state index contributed by atoms with van der Waals surface area (Å²) in [7, 11) is 0. The van der Waals surface area contributed by atoms with Crippen LogP contribution in [0, 0.1) is 5.92 Å². The summed E-state index contributed by atoms with van der Waals surface area (Å²) >= 11 is 12.3. The molecule has 3 atom stereocenters. The van der Waals surface area contributed by atoms with Gasteiger partial charge in [0.05, 0.1) is 5.39 Å². The van der Waals surface area contributed by atoms with Crippen LogP contribution < -0.4 is 15.5 Å². The zero-order valence-corrected chi connectivity index (χ0v) is 19.7. The van der Waals surface area contributed by atoms with Crippen molar-refractivity contribution >= 4 is 51.6 Å². The van der Waals surface area contributed by atoms with Gasteiger partial charge in [0.1, 0.15) is 23.8 Å². The first-order chi connectivity index (χ1) is 15.4. The number of nitrogens with one attached hydrogen (secondary N) is 3. The monoisotopic (exact) mass is 474 g/mol. The molecule has 9 heteroatoms. The number of fused-ring (bicyclic) bond motifs is 1. The van der Waals surface area contributed by atoms with Crippen LogP contribution in [0.3, 0.4) is 0 Å². The number of amides is 1. The molecule has 2 aromatic heterocycles. The zero-order valence-electron chi connectivity index (χ0n) is 18.2. The minimum atomic E-state index is -0.389. The Morgan fingerprint density at radius 1 is 1.28 bits per heavy atom. The van der Waals surface area contributed by atoms with Gasteiger partial charge >= 0.3 is 0 Å². The van der Waals surface area contributed by atoms with Gasteiger partial charge < -0.3 is 20.5 Å². The van der Waals surface area contributed by atoms with E-state index in [1.165, 1.54) is 0 Å². The molecule has 0 bridgehead atoms. The van der Waals surface area contributed by atoms with Crippen LogP contribution in [0.4, 0.5) is 11.5 Å². The van der Waals surface area contributed by atoms with Gasteiger partial charge in [0.15, 0.2) is 0 Å². The summed E-state index contributed by atoms with van der Waals surface area (Å²) < 4.78 is 0. The second-order valence-corrected chi connectivity index (χ2v) is 9.27. The summed E-state index contributed by atoms with van der Waals surface area (Å²) in [4.78, 5) is 27.5. The molecule has 3 aromatic rings. The molecule has 4 rings (SSSR count). The normalized spacial score (nSPS) is 18.4. The Bertz CT molecular complexity index is 1070. The molecule has 32 heavy (non-hydrogen) atoms. The van der Waals surface area contributed by atoms with E-state index >= 15 is 0 Å². The van der Waals surface area contributed by atoms with E-state index in [1.807, 2.05) is 12.3 Å². The highest BCUT2D eigenvalue weighted by atomic mass is 35.5. The average molecular weight is 475 g/mol. The Balaban J connectivity index is 1.47. The number of rotatable bonds is 7. The fourth-order valence-corrected chi connectivity index (χ4v) is 4.73. The van der Waals surface area contributed by atoms with E-state index < -0.39 is 0 Å². The summed E-state index contributed by atoms with van der Waals surface area (Å²) in [6.07, 6.45) is 6.22. The number of piperidine rings is 1. The Labute approximate surface area is 197 Å². The number of carbonyl (C=O) groups is 1. The molecule has 1 aliphatic heterocycles. The topological polar surface area (TPSA) is 85.9 Å². The zero-order chi connectivity index (χ0) is 22.7. The molecule has 3 N–H and O–H groups in total. The van der Waals surface area contributed by atoms with Crippen LogP contribution in [0.1, 0.15) is 33.1 Å². The molecule has 170 valence electrons. The van der Waals surface area contributed by atoms with Crippen LogP contribution >= 0.6 is 23.2 Å². The number of hydrogen-bond donors (Lipinski definition) is 3. The number of anilines is 2. The van der Waals surface area contributed by atoms with Crippen LogP contribution in [0.5, 0.6) is 0 Å². The lowest BCUT2D eigenvalue weighted by Gasteiger charge is -2.35. The van der Waals surface area contributed by atoms with Crippen LogP contribution in [-0.2, 0) is 4.79 Å². The molecule has 1 saturated heterocycles. The first-order valence-electron chi connectivity index (χ1n) is 11.0. The maximum atomic E-state index is 13.3. The number of nitrogens with zero attached hydrogens (tertiary/aromatic N) is 3. The van der Waals surface area contributed by atoms with Gasteiger partial charge in [0.2, 0.25) is 5.91 Å². The number of benzene rings is 1.